The molecule has 0 aliphatic heterocycles. The topological polar surface area (TPSA) is 78.3 Å². The lowest BCUT2D eigenvalue weighted by atomic mass is 10.1. The molecule has 2 aromatic heterocycles. The van der Waals surface area contributed by atoms with Crippen LogP contribution in [-0.2, 0) is 22.1 Å². The van der Waals surface area contributed by atoms with Gasteiger partial charge in [-0.3, -0.25) is 4.79 Å². The molecule has 0 saturated heterocycles. The van der Waals surface area contributed by atoms with Gasteiger partial charge in [0.15, 0.2) is 15.5 Å². The standard InChI is InChI=1S/C22H22N4O3S/c1-3-11-25-14-17(5-9-22(25)27)26-12-10-20(24-26)19-8-4-16(13-21(19)23-2)15-30(28,29)18-6-7-18/h4-5,8-10,12-14,18H,3,6-7,11,15H2,1H3. The summed E-state index contributed by atoms with van der Waals surface area (Å²) in [6.07, 6.45) is 5.87. The first-order chi connectivity index (χ1) is 14.4. The van der Waals surface area contributed by atoms with Crippen molar-refractivity contribution in [1.29, 1.82) is 0 Å². The van der Waals surface area contributed by atoms with E-state index in [9.17, 15) is 13.2 Å². The molecule has 1 saturated carbocycles. The quantitative estimate of drug-likeness (QED) is 0.544. The Bertz CT molecular complexity index is 1290. The highest BCUT2D eigenvalue weighted by atomic mass is 32.2. The van der Waals surface area contributed by atoms with Crippen LogP contribution in [0, 0.1) is 6.57 Å². The number of nitrogens with zero attached hydrogens (tertiary/aromatic N) is 4. The monoisotopic (exact) mass is 422 g/mol. The molecule has 1 aliphatic carbocycles. The second-order valence-electron chi connectivity index (χ2n) is 7.53. The smallest absolute Gasteiger partial charge is 0.250 e. The Labute approximate surface area is 175 Å². The van der Waals surface area contributed by atoms with Crippen LogP contribution in [0.5, 0.6) is 0 Å². The number of sulfone groups is 1. The molecule has 0 bridgehead atoms. The first kappa shape index (κ1) is 20.1. The fourth-order valence-corrected chi connectivity index (χ4v) is 5.17. The molecule has 7 nitrogen and oxygen atoms in total. The summed E-state index contributed by atoms with van der Waals surface area (Å²) >= 11 is 0. The summed E-state index contributed by atoms with van der Waals surface area (Å²) in [6.45, 7) is 10.2. The predicted molar refractivity (Wildman–Crippen MR) is 115 cm³/mol. The van der Waals surface area contributed by atoms with Crippen molar-refractivity contribution < 1.29 is 8.42 Å². The first-order valence-electron chi connectivity index (χ1n) is 9.90. The summed E-state index contributed by atoms with van der Waals surface area (Å²) < 4.78 is 27.8. The van der Waals surface area contributed by atoms with Gasteiger partial charge in [0.05, 0.1) is 29.0 Å². The molecule has 8 heteroatoms. The van der Waals surface area contributed by atoms with Crippen LogP contribution in [0.4, 0.5) is 5.69 Å². The van der Waals surface area contributed by atoms with Crippen molar-refractivity contribution in [2.24, 2.45) is 0 Å². The molecule has 1 aliphatic rings. The maximum absolute atomic E-state index is 12.3. The maximum Gasteiger partial charge on any atom is 0.250 e. The number of aryl methyl sites for hydroxylation is 1. The van der Waals surface area contributed by atoms with Gasteiger partial charge in [0, 0.05) is 30.6 Å². The lowest BCUT2D eigenvalue weighted by Gasteiger charge is -2.08. The molecule has 4 rings (SSSR count). The van der Waals surface area contributed by atoms with E-state index >= 15 is 0 Å². The van der Waals surface area contributed by atoms with Gasteiger partial charge in [-0.05, 0) is 37.0 Å². The molecule has 154 valence electrons. The second kappa shape index (κ2) is 7.92. The third-order valence-corrected chi connectivity index (χ3v) is 7.37. The molecule has 0 N–H and O–H groups in total. The highest BCUT2D eigenvalue weighted by Crippen LogP contribution is 2.34. The zero-order valence-corrected chi connectivity index (χ0v) is 17.5. The van der Waals surface area contributed by atoms with E-state index < -0.39 is 9.84 Å². The molecule has 1 aromatic carbocycles. The Morgan fingerprint density at radius 2 is 2.00 bits per heavy atom. The van der Waals surface area contributed by atoms with E-state index in [1.54, 1.807) is 52.0 Å². The average Bonchev–Trinajstić information content (AvgIpc) is 3.49. The van der Waals surface area contributed by atoms with E-state index in [0.717, 1.165) is 24.9 Å². The van der Waals surface area contributed by atoms with Crippen molar-refractivity contribution >= 4 is 15.5 Å². The van der Waals surface area contributed by atoms with Crippen LogP contribution in [0.15, 0.2) is 53.6 Å². The fourth-order valence-electron chi connectivity index (χ4n) is 3.43. The molecular formula is C22H22N4O3S. The van der Waals surface area contributed by atoms with Crippen molar-refractivity contribution in [3.63, 3.8) is 0 Å². The van der Waals surface area contributed by atoms with Gasteiger partial charge in [0.25, 0.3) is 5.56 Å². The molecular weight excluding hydrogens is 400 g/mol. The summed E-state index contributed by atoms with van der Waals surface area (Å²) in [5, 5.41) is 4.35. The number of rotatable bonds is 7. The van der Waals surface area contributed by atoms with E-state index in [2.05, 4.69) is 9.94 Å². The Morgan fingerprint density at radius 1 is 1.20 bits per heavy atom. The highest BCUT2D eigenvalue weighted by Gasteiger charge is 2.35. The first-order valence-corrected chi connectivity index (χ1v) is 11.6. The summed E-state index contributed by atoms with van der Waals surface area (Å²) in [7, 11) is -3.14. The van der Waals surface area contributed by atoms with Gasteiger partial charge < -0.3 is 4.57 Å². The van der Waals surface area contributed by atoms with Crippen LogP contribution in [0.3, 0.4) is 0 Å². The van der Waals surface area contributed by atoms with Crippen LogP contribution >= 0.6 is 0 Å². The Hall–Kier alpha value is -3.18. The summed E-state index contributed by atoms with van der Waals surface area (Å²) in [5.74, 6) is -0.0338. The molecule has 3 aromatic rings. The minimum atomic E-state index is -3.14. The summed E-state index contributed by atoms with van der Waals surface area (Å²) in [4.78, 5) is 15.5. The van der Waals surface area contributed by atoms with Crippen molar-refractivity contribution in [3.05, 3.63) is 76.1 Å². The van der Waals surface area contributed by atoms with E-state index in [1.165, 1.54) is 6.07 Å². The molecule has 30 heavy (non-hydrogen) atoms. The van der Waals surface area contributed by atoms with Crippen LogP contribution in [0.25, 0.3) is 21.8 Å². The third kappa shape index (κ3) is 4.07. The van der Waals surface area contributed by atoms with Gasteiger partial charge >= 0.3 is 0 Å². The SMILES string of the molecule is [C-]#[N+]c1cc(CS(=O)(=O)C2CC2)ccc1-c1ccn(-c2ccc(=O)n(CCC)c2)n1. The lowest BCUT2D eigenvalue weighted by Crippen LogP contribution is -2.19. The van der Waals surface area contributed by atoms with E-state index in [1.807, 2.05) is 6.92 Å². The van der Waals surface area contributed by atoms with Crippen LogP contribution in [0.2, 0.25) is 0 Å². The largest absolute Gasteiger partial charge is 0.313 e. The number of aromatic nitrogens is 3. The third-order valence-electron chi connectivity index (χ3n) is 5.14. The average molecular weight is 423 g/mol. The maximum atomic E-state index is 12.3. The number of hydrogen-bond donors (Lipinski definition) is 0. The minimum Gasteiger partial charge on any atom is -0.313 e. The Kier molecular flexibility index (Phi) is 5.31. The van der Waals surface area contributed by atoms with Crippen molar-refractivity contribution in [1.82, 2.24) is 14.3 Å². The lowest BCUT2D eigenvalue weighted by molar-refractivity contribution is 0.594. The Morgan fingerprint density at radius 3 is 2.70 bits per heavy atom. The number of hydrogen-bond acceptors (Lipinski definition) is 4. The minimum absolute atomic E-state index is 0.0338. The zero-order valence-electron chi connectivity index (χ0n) is 16.7. The van der Waals surface area contributed by atoms with Gasteiger partial charge in [-0.25, -0.2) is 17.9 Å². The zero-order chi connectivity index (χ0) is 21.3. The normalized spacial score (nSPS) is 13.9. The Balaban J connectivity index is 1.64. The molecule has 0 unspecified atom stereocenters. The predicted octanol–water partition coefficient (Wildman–Crippen LogP) is 3.74. The van der Waals surface area contributed by atoms with E-state index in [-0.39, 0.29) is 16.6 Å². The summed E-state index contributed by atoms with van der Waals surface area (Å²) in [6, 6.07) is 10.2. The fraction of sp³-hybridized carbons (Fsp3) is 0.318. The second-order valence-corrected chi connectivity index (χ2v) is 9.82. The van der Waals surface area contributed by atoms with Gasteiger partial charge in [0.2, 0.25) is 0 Å². The highest BCUT2D eigenvalue weighted by molar-refractivity contribution is 7.91. The number of benzene rings is 1. The molecule has 1 fully saturated rings. The van der Waals surface area contributed by atoms with Gasteiger partial charge in [0.1, 0.15) is 0 Å². The number of pyridine rings is 1. The van der Waals surface area contributed by atoms with E-state index in [0.29, 0.717) is 29.1 Å². The van der Waals surface area contributed by atoms with E-state index in [4.69, 9.17) is 6.57 Å². The van der Waals surface area contributed by atoms with Crippen LogP contribution in [0.1, 0.15) is 31.7 Å². The molecule has 0 radical (unpaired) electrons. The molecule has 0 atom stereocenters. The van der Waals surface area contributed by atoms with Gasteiger partial charge in [-0.2, -0.15) is 5.10 Å². The van der Waals surface area contributed by atoms with Crippen LogP contribution < -0.4 is 5.56 Å². The van der Waals surface area contributed by atoms with Crippen molar-refractivity contribution in [2.45, 2.75) is 43.7 Å². The molecule has 2 heterocycles. The van der Waals surface area contributed by atoms with Crippen molar-refractivity contribution in [2.75, 3.05) is 0 Å². The molecule has 0 spiro atoms. The molecule has 0 amide bonds. The van der Waals surface area contributed by atoms with Gasteiger partial charge in [-0.1, -0.05) is 25.1 Å². The van der Waals surface area contributed by atoms with Crippen molar-refractivity contribution in [3.8, 4) is 16.9 Å². The van der Waals surface area contributed by atoms with Gasteiger partial charge in [-0.15, -0.1) is 0 Å². The summed E-state index contributed by atoms with van der Waals surface area (Å²) in [5.41, 5.74) is 2.97. The van der Waals surface area contributed by atoms with Crippen LogP contribution in [-0.4, -0.2) is 28.0 Å².